The molecule has 1 fully saturated rings. The molecule has 27 heavy (non-hydrogen) atoms. The van der Waals surface area contributed by atoms with E-state index in [0.29, 0.717) is 17.8 Å². The monoisotopic (exact) mass is 387 g/mol. The molecule has 0 saturated heterocycles. The van der Waals surface area contributed by atoms with E-state index in [2.05, 4.69) is 10.6 Å². The van der Waals surface area contributed by atoms with Crippen LogP contribution < -0.4 is 16.4 Å². The van der Waals surface area contributed by atoms with Crippen LogP contribution in [0.4, 0.5) is 5.69 Å². The Hall–Kier alpha value is -2.37. The molecule has 1 aliphatic carbocycles. The molecule has 0 heterocycles. The lowest BCUT2D eigenvalue weighted by molar-refractivity contribution is -0.125. The molecule has 2 aromatic rings. The number of rotatable bonds is 5. The van der Waals surface area contributed by atoms with E-state index in [1.54, 1.807) is 12.1 Å². The average Bonchev–Trinajstić information content (AvgIpc) is 3.07. The Labute approximate surface area is 166 Å². The molecule has 0 aliphatic heterocycles. The number of amides is 2. The average molecular weight is 388 g/mol. The zero-order valence-electron chi connectivity index (χ0n) is 15.4. The van der Waals surface area contributed by atoms with Crippen molar-refractivity contribution in [2.45, 2.75) is 38.8 Å². The summed E-state index contributed by atoms with van der Waals surface area (Å²) in [6, 6.07) is 15.1. The summed E-state index contributed by atoms with van der Waals surface area (Å²) in [6.45, 7) is 2.43. The molecule has 4 N–H and O–H groups in total. The second kappa shape index (κ2) is 9.53. The topological polar surface area (TPSA) is 84.2 Å². The normalized spacial score (nSPS) is 18.4. The molecule has 2 amide bonds. The molecule has 5 nitrogen and oxygen atoms in total. The molecular formula is C21H26ClN3O2. The van der Waals surface area contributed by atoms with Crippen molar-refractivity contribution >= 4 is 29.9 Å². The first kappa shape index (κ1) is 20.9. The van der Waals surface area contributed by atoms with Crippen LogP contribution in [-0.2, 0) is 11.3 Å². The maximum Gasteiger partial charge on any atom is 0.255 e. The van der Waals surface area contributed by atoms with Gasteiger partial charge in [0.1, 0.15) is 0 Å². The quantitative estimate of drug-likeness (QED) is 0.735. The Morgan fingerprint density at radius 3 is 2.52 bits per heavy atom. The molecule has 2 atom stereocenters. The first-order valence-corrected chi connectivity index (χ1v) is 9.01. The van der Waals surface area contributed by atoms with Gasteiger partial charge >= 0.3 is 0 Å². The second-order valence-corrected chi connectivity index (χ2v) is 7.01. The minimum Gasteiger partial charge on any atom is -0.352 e. The number of nitrogens with two attached hydrogens (primary N) is 1. The standard InChI is InChI=1S/C21H25N3O2.ClH/c1-14-5-7-16(8-6-14)21(26)24-19-4-2-3-15(11-19)13-23-20(25)17-9-10-18(22)12-17;/h2-8,11,17-18H,9-10,12-13,22H2,1H3,(H,23,25)(H,24,26);1H. The van der Waals surface area contributed by atoms with E-state index >= 15 is 0 Å². The SMILES string of the molecule is Cc1ccc(C(=O)Nc2cccc(CNC(=O)C3CCC(N)C3)c2)cc1.Cl. The van der Waals surface area contributed by atoms with Crippen LogP contribution >= 0.6 is 12.4 Å². The number of carbonyl (C=O) groups is 2. The first-order chi connectivity index (χ1) is 12.5. The van der Waals surface area contributed by atoms with Gasteiger partial charge < -0.3 is 16.4 Å². The van der Waals surface area contributed by atoms with Gasteiger partial charge in [-0.3, -0.25) is 9.59 Å². The predicted molar refractivity (Wildman–Crippen MR) is 110 cm³/mol. The molecule has 0 bridgehead atoms. The maximum atomic E-state index is 12.3. The van der Waals surface area contributed by atoms with Gasteiger partial charge in [-0.25, -0.2) is 0 Å². The summed E-state index contributed by atoms with van der Waals surface area (Å²) in [7, 11) is 0. The fourth-order valence-corrected chi connectivity index (χ4v) is 3.26. The Balaban J connectivity index is 0.00000261. The highest BCUT2D eigenvalue weighted by Gasteiger charge is 2.27. The van der Waals surface area contributed by atoms with E-state index in [9.17, 15) is 9.59 Å². The summed E-state index contributed by atoms with van der Waals surface area (Å²) >= 11 is 0. The number of anilines is 1. The van der Waals surface area contributed by atoms with E-state index in [0.717, 1.165) is 30.4 Å². The Kier molecular flexibility index (Phi) is 7.39. The van der Waals surface area contributed by atoms with Crippen LogP contribution in [0, 0.1) is 12.8 Å². The molecule has 2 unspecified atom stereocenters. The van der Waals surface area contributed by atoms with Crippen LogP contribution in [0.3, 0.4) is 0 Å². The van der Waals surface area contributed by atoms with Crippen LogP contribution in [0.5, 0.6) is 0 Å². The lowest BCUT2D eigenvalue weighted by Crippen LogP contribution is -2.30. The molecule has 3 rings (SSSR count). The van der Waals surface area contributed by atoms with E-state index in [1.165, 1.54) is 0 Å². The fourth-order valence-electron chi connectivity index (χ4n) is 3.26. The van der Waals surface area contributed by atoms with Crippen LogP contribution in [0.15, 0.2) is 48.5 Å². The number of hydrogen-bond donors (Lipinski definition) is 3. The molecule has 2 aromatic carbocycles. The minimum absolute atomic E-state index is 0. The van der Waals surface area contributed by atoms with Crippen molar-refractivity contribution in [1.82, 2.24) is 5.32 Å². The minimum atomic E-state index is -0.147. The summed E-state index contributed by atoms with van der Waals surface area (Å²) in [6.07, 6.45) is 2.54. The summed E-state index contributed by atoms with van der Waals surface area (Å²) in [5.41, 5.74) is 9.26. The Bertz CT molecular complexity index is 792. The molecule has 0 radical (unpaired) electrons. The second-order valence-electron chi connectivity index (χ2n) is 7.01. The zero-order valence-corrected chi connectivity index (χ0v) is 16.2. The van der Waals surface area contributed by atoms with Gasteiger partial charge in [-0.1, -0.05) is 29.8 Å². The van der Waals surface area contributed by atoms with Gasteiger partial charge in [0.05, 0.1) is 0 Å². The number of carbonyl (C=O) groups excluding carboxylic acids is 2. The van der Waals surface area contributed by atoms with E-state index in [1.807, 2.05) is 43.3 Å². The summed E-state index contributed by atoms with van der Waals surface area (Å²) < 4.78 is 0. The number of halogens is 1. The molecular weight excluding hydrogens is 362 g/mol. The van der Waals surface area contributed by atoms with Crippen molar-refractivity contribution < 1.29 is 9.59 Å². The lowest BCUT2D eigenvalue weighted by Gasteiger charge is -2.12. The van der Waals surface area contributed by atoms with Gasteiger partial charge in [-0.05, 0) is 56.0 Å². The fraction of sp³-hybridized carbons (Fsp3) is 0.333. The maximum absolute atomic E-state index is 12.3. The van der Waals surface area contributed by atoms with Crippen molar-refractivity contribution in [3.8, 4) is 0 Å². The summed E-state index contributed by atoms with van der Waals surface area (Å²) in [4.78, 5) is 24.5. The zero-order chi connectivity index (χ0) is 18.5. The lowest BCUT2D eigenvalue weighted by atomic mass is 10.1. The Morgan fingerprint density at radius 1 is 1.11 bits per heavy atom. The van der Waals surface area contributed by atoms with Crippen LogP contribution in [-0.4, -0.2) is 17.9 Å². The third-order valence-electron chi connectivity index (χ3n) is 4.81. The summed E-state index contributed by atoms with van der Waals surface area (Å²) in [5.74, 6) is -0.0624. The summed E-state index contributed by atoms with van der Waals surface area (Å²) in [5, 5.41) is 5.87. The highest BCUT2D eigenvalue weighted by Crippen LogP contribution is 2.24. The van der Waals surface area contributed by atoms with Crippen molar-refractivity contribution in [2.75, 3.05) is 5.32 Å². The number of benzene rings is 2. The van der Waals surface area contributed by atoms with Gasteiger partial charge in [0.25, 0.3) is 5.91 Å². The smallest absolute Gasteiger partial charge is 0.255 e. The molecule has 6 heteroatoms. The molecule has 144 valence electrons. The van der Waals surface area contributed by atoms with Gasteiger partial charge in [0.15, 0.2) is 0 Å². The van der Waals surface area contributed by atoms with Crippen molar-refractivity contribution in [3.63, 3.8) is 0 Å². The first-order valence-electron chi connectivity index (χ1n) is 9.01. The highest BCUT2D eigenvalue weighted by molar-refractivity contribution is 6.04. The molecule has 0 spiro atoms. The molecule has 1 aliphatic rings. The van der Waals surface area contributed by atoms with E-state index in [4.69, 9.17) is 5.73 Å². The number of aryl methyl sites for hydroxylation is 1. The van der Waals surface area contributed by atoms with Crippen molar-refractivity contribution in [3.05, 3.63) is 65.2 Å². The van der Waals surface area contributed by atoms with Crippen molar-refractivity contribution in [2.24, 2.45) is 11.7 Å². The largest absolute Gasteiger partial charge is 0.352 e. The molecule has 1 saturated carbocycles. The third kappa shape index (κ3) is 5.81. The van der Waals surface area contributed by atoms with E-state index in [-0.39, 0.29) is 36.2 Å². The van der Waals surface area contributed by atoms with Gasteiger partial charge in [-0.15, -0.1) is 12.4 Å². The predicted octanol–water partition coefficient (Wildman–Crippen LogP) is 3.41. The Morgan fingerprint density at radius 2 is 1.85 bits per heavy atom. The van der Waals surface area contributed by atoms with Gasteiger partial charge in [0.2, 0.25) is 5.91 Å². The third-order valence-corrected chi connectivity index (χ3v) is 4.81. The number of nitrogens with one attached hydrogen (secondary N) is 2. The highest BCUT2D eigenvalue weighted by atomic mass is 35.5. The van der Waals surface area contributed by atoms with Crippen LogP contribution in [0.2, 0.25) is 0 Å². The van der Waals surface area contributed by atoms with Gasteiger partial charge in [-0.2, -0.15) is 0 Å². The molecule has 0 aromatic heterocycles. The van der Waals surface area contributed by atoms with E-state index < -0.39 is 0 Å². The van der Waals surface area contributed by atoms with Crippen LogP contribution in [0.25, 0.3) is 0 Å². The van der Waals surface area contributed by atoms with Crippen molar-refractivity contribution in [1.29, 1.82) is 0 Å². The number of hydrogen-bond acceptors (Lipinski definition) is 3. The van der Waals surface area contributed by atoms with Crippen LogP contribution in [0.1, 0.15) is 40.7 Å². The van der Waals surface area contributed by atoms with Gasteiger partial charge in [0, 0.05) is 29.8 Å².